The number of fused-ring (bicyclic) bond motifs is 1. The number of para-hydroxylation sites is 1. The number of hydrogen-bond donors (Lipinski definition) is 0. The molecule has 0 fully saturated rings. The molecule has 0 aliphatic heterocycles. The number of benzene rings is 3. The Labute approximate surface area is 140 Å². The van der Waals surface area contributed by atoms with Gasteiger partial charge in [-0.25, -0.2) is 0 Å². The Morgan fingerprint density at radius 2 is 1.29 bits per heavy atom. The molecule has 3 nitrogen and oxygen atoms in total. The van der Waals surface area contributed by atoms with E-state index in [0.29, 0.717) is 0 Å². The summed E-state index contributed by atoms with van der Waals surface area (Å²) in [5, 5.41) is 10.2. The van der Waals surface area contributed by atoms with Crippen molar-refractivity contribution in [3.8, 4) is 11.3 Å². The van der Waals surface area contributed by atoms with Gasteiger partial charge in [0.2, 0.25) is 0 Å². The lowest BCUT2D eigenvalue weighted by atomic mass is 10.1. The summed E-state index contributed by atoms with van der Waals surface area (Å²) in [6.07, 6.45) is 0. The summed E-state index contributed by atoms with van der Waals surface area (Å²) in [6.45, 7) is 0. The molecule has 0 unspecified atom stereocenters. The fourth-order valence-electron chi connectivity index (χ4n) is 3.00. The molecule has 1 aromatic heterocycles. The van der Waals surface area contributed by atoms with Crippen molar-refractivity contribution in [1.29, 1.82) is 0 Å². The molecule has 0 spiro atoms. The topological polar surface area (TPSA) is 29.6 Å². The van der Waals surface area contributed by atoms with Crippen molar-refractivity contribution >= 4 is 22.3 Å². The Hall–Kier alpha value is -3.20. The van der Waals surface area contributed by atoms with Crippen molar-refractivity contribution in [3.05, 3.63) is 84.9 Å². The van der Waals surface area contributed by atoms with Gasteiger partial charge in [0.25, 0.3) is 0 Å². The highest BCUT2D eigenvalue weighted by Crippen LogP contribution is 2.40. The van der Waals surface area contributed by atoms with Gasteiger partial charge in [0.05, 0.1) is 16.9 Å². The molecule has 3 heteroatoms. The lowest BCUT2D eigenvalue weighted by Crippen LogP contribution is -1.90. The van der Waals surface area contributed by atoms with Crippen molar-refractivity contribution in [1.82, 2.24) is 4.57 Å². The van der Waals surface area contributed by atoms with E-state index in [4.69, 9.17) is 0 Å². The average molecular weight is 311 g/mol. The SMILES string of the molecule is Cn1c(-c2ccccc2)c(N=Nc2ccccc2)c2ccccc21. The molecule has 1 heterocycles. The molecule has 0 N–H and O–H groups in total. The van der Waals surface area contributed by atoms with Crippen LogP contribution in [0.4, 0.5) is 11.4 Å². The Bertz CT molecular complexity index is 999. The molecule has 4 aromatic rings. The lowest BCUT2D eigenvalue weighted by Gasteiger charge is -2.05. The quantitative estimate of drug-likeness (QED) is 0.400. The second kappa shape index (κ2) is 6.13. The van der Waals surface area contributed by atoms with Crippen LogP contribution in [-0.4, -0.2) is 4.57 Å². The van der Waals surface area contributed by atoms with Gasteiger partial charge in [-0.1, -0.05) is 66.7 Å². The zero-order valence-electron chi connectivity index (χ0n) is 13.4. The first-order valence-corrected chi connectivity index (χ1v) is 7.94. The number of rotatable bonds is 3. The van der Waals surface area contributed by atoms with E-state index in [2.05, 4.69) is 52.2 Å². The highest BCUT2D eigenvalue weighted by molar-refractivity contribution is 6.00. The van der Waals surface area contributed by atoms with Crippen LogP contribution in [0.3, 0.4) is 0 Å². The Morgan fingerprint density at radius 1 is 0.667 bits per heavy atom. The Morgan fingerprint density at radius 3 is 2.04 bits per heavy atom. The highest BCUT2D eigenvalue weighted by atomic mass is 15.1. The second-order valence-corrected chi connectivity index (χ2v) is 5.67. The zero-order chi connectivity index (χ0) is 16.4. The average Bonchev–Trinajstić information content (AvgIpc) is 2.94. The molecule has 0 radical (unpaired) electrons. The first kappa shape index (κ1) is 14.4. The molecular formula is C21H17N3. The van der Waals surface area contributed by atoms with Crippen LogP contribution in [-0.2, 0) is 7.05 Å². The van der Waals surface area contributed by atoms with Gasteiger partial charge in [0.15, 0.2) is 0 Å². The summed E-state index contributed by atoms with van der Waals surface area (Å²) < 4.78 is 2.18. The van der Waals surface area contributed by atoms with E-state index < -0.39 is 0 Å². The van der Waals surface area contributed by atoms with Crippen molar-refractivity contribution in [2.75, 3.05) is 0 Å². The number of aromatic nitrogens is 1. The molecule has 3 aromatic carbocycles. The van der Waals surface area contributed by atoms with Gasteiger partial charge in [-0.2, -0.15) is 5.11 Å². The molecular weight excluding hydrogens is 294 g/mol. The number of hydrogen-bond acceptors (Lipinski definition) is 2. The van der Waals surface area contributed by atoms with Gasteiger partial charge >= 0.3 is 0 Å². The Balaban J connectivity index is 1.94. The van der Waals surface area contributed by atoms with E-state index in [9.17, 15) is 0 Å². The van der Waals surface area contributed by atoms with E-state index in [1.807, 2.05) is 54.6 Å². The molecule has 116 valence electrons. The Kier molecular flexibility index (Phi) is 3.67. The van der Waals surface area contributed by atoms with Crippen LogP contribution in [0.1, 0.15) is 0 Å². The summed E-state index contributed by atoms with van der Waals surface area (Å²) in [4.78, 5) is 0. The van der Waals surface area contributed by atoms with E-state index >= 15 is 0 Å². The minimum absolute atomic E-state index is 0.851. The van der Waals surface area contributed by atoms with Gasteiger partial charge in [-0.05, 0) is 18.2 Å². The summed E-state index contributed by atoms with van der Waals surface area (Å²) in [5.41, 5.74) is 5.13. The van der Waals surface area contributed by atoms with Gasteiger partial charge in [-0.15, -0.1) is 5.11 Å². The van der Waals surface area contributed by atoms with Crippen molar-refractivity contribution in [2.45, 2.75) is 0 Å². The molecule has 0 saturated heterocycles. The van der Waals surface area contributed by atoms with Crippen molar-refractivity contribution < 1.29 is 0 Å². The third-order valence-electron chi connectivity index (χ3n) is 4.15. The van der Waals surface area contributed by atoms with Gasteiger partial charge in [-0.3, -0.25) is 0 Å². The van der Waals surface area contributed by atoms with Crippen molar-refractivity contribution in [3.63, 3.8) is 0 Å². The van der Waals surface area contributed by atoms with Gasteiger partial charge < -0.3 is 4.57 Å². The first-order chi connectivity index (χ1) is 11.8. The third kappa shape index (κ3) is 2.50. The zero-order valence-corrected chi connectivity index (χ0v) is 13.4. The fourth-order valence-corrected chi connectivity index (χ4v) is 3.00. The molecule has 4 rings (SSSR count). The maximum Gasteiger partial charge on any atom is 0.119 e. The number of azo groups is 1. The van der Waals surface area contributed by atoms with Crippen molar-refractivity contribution in [2.24, 2.45) is 17.3 Å². The van der Waals surface area contributed by atoms with E-state index in [1.165, 1.54) is 0 Å². The van der Waals surface area contributed by atoms with E-state index in [1.54, 1.807) is 0 Å². The first-order valence-electron chi connectivity index (χ1n) is 7.94. The minimum atomic E-state index is 0.851. The number of nitrogens with zero attached hydrogens (tertiary/aromatic N) is 3. The lowest BCUT2D eigenvalue weighted by molar-refractivity contribution is 0.976. The van der Waals surface area contributed by atoms with E-state index in [0.717, 1.165) is 33.5 Å². The largest absolute Gasteiger partial charge is 0.342 e. The summed E-state index contributed by atoms with van der Waals surface area (Å²) in [5.74, 6) is 0. The monoisotopic (exact) mass is 311 g/mol. The highest BCUT2D eigenvalue weighted by Gasteiger charge is 2.16. The maximum absolute atomic E-state index is 4.61. The summed E-state index contributed by atoms with van der Waals surface area (Å²) >= 11 is 0. The normalized spacial score (nSPS) is 11.4. The van der Waals surface area contributed by atoms with Crippen LogP contribution in [0.15, 0.2) is 95.2 Å². The standard InChI is InChI=1S/C21H17N3/c1-24-19-15-9-8-14-18(19)20(21(24)16-10-4-2-5-11-16)23-22-17-12-6-3-7-13-17/h2-15H,1H3. The predicted molar refractivity (Wildman–Crippen MR) is 99.0 cm³/mol. The molecule has 0 atom stereocenters. The molecule has 0 amide bonds. The van der Waals surface area contributed by atoms with E-state index in [-0.39, 0.29) is 0 Å². The molecule has 0 aliphatic rings. The summed E-state index contributed by atoms with van der Waals surface area (Å²) in [7, 11) is 2.08. The molecule has 0 bridgehead atoms. The van der Waals surface area contributed by atoms with Crippen LogP contribution in [0.25, 0.3) is 22.2 Å². The summed E-state index contributed by atoms with van der Waals surface area (Å²) in [6, 6.07) is 28.5. The predicted octanol–water partition coefficient (Wildman–Crippen LogP) is 6.26. The second-order valence-electron chi connectivity index (χ2n) is 5.67. The van der Waals surface area contributed by atoms with Crippen LogP contribution in [0.5, 0.6) is 0 Å². The third-order valence-corrected chi connectivity index (χ3v) is 4.15. The van der Waals surface area contributed by atoms with Gasteiger partial charge in [0.1, 0.15) is 5.69 Å². The molecule has 0 saturated carbocycles. The van der Waals surface area contributed by atoms with Crippen LogP contribution in [0.2, 0.25) is 0 Å². The number of aryl methyl sites for hydroxylation is 1. The molecule has 0 aliphatic carbocycles. The van der Waals surface area contributed by atoms with Crippen LogP contribution >= 0.6 is 0 Å². The smallest absolute Gasteiger partial charge is 0.119 e. The van der Waals surface area contributed by atoms with Gasteiger partial charge in [0, 0.05) is 18.0 Å². The minimum Gasteiger partial charge on any atom is -0.342 e. The molecule has 24 heavy (non-hydrogen) atoms. The van der Waals surface area contributed by atoms with Crippen LogP contribution in [0, 0.1) is 0 Å². The van der Waals surface area contributed by atoms with Crippen LogP contribution < -0.4 is 0 Å². The fraction of sp³-hybridized carbons (Fsp3) is 0.0476. The maximum atomic E-state index is 4.61.